The predicted octanol–water partition coefficient (Wildman–Crippen LogP) is 1.03. The summed E-state index contributed by atoms with van der Waals surface area (Å²) in [4.78, 5) is 0. The molecule has 11 heavy (non-hydrogen) atoms. The van der Waals surface area contributed by atoms with E-state index in [0.29, 0.717) is 0 Å². The third-order valence-electron chi connectivity index (χ3n) is 1.64. The molecule has 2 nitrogen and oxygen atoms in total. The maximum Gasteiger partial charge on any atom is 0.0314 e. The van der Waals surface area contributed by atoms with Gasteiger partial charge >= 0.3 is 0 Å². The van der Waals surface area contributed by atoms with Gasteiger partial charge in [0.15, 0.2) is 0 Å². The van der Waals surface area contributed by atoms with Crippen molar-refractivity contribution in [3.8, 4) is 0 Å². The summed E-state index contributed by atoms with van der Waals surface area (Å²) in [7, 11) is 1.96. The van der Waals surface area contributed by atoms with Crippen molar-refractivity contribution in [3.63, 3.8) is 0 Å². The van der Waals surface area contributed by atoms with Crippen molar-refractivity contribution in [1.82, 2.24) is 5.32 Å². The van der Waals surface area contributed by atoms with Crippen LogP contribution in [0.25, 0.3) is 0 Å². The van der Waals surface area contributed by atoms with Gasteiger partial charge in [-0.2, -0.15) is 0 Å². The van der Waals surface area contributed by atoms with E-state index in [2.05, 4.69) is 17.4 Å². The molecule has 0 aliphatic rings. The Labute approximate surface area is 67.4 Å². The van der Waals surface area contributed by atoms with Crippen LogP contribution in [-0.4, -0.2) is 13.6 Å². The zero-order chi connectivity index (χ0) is 8.10. The summed E-state index contributed by atoms with van der Waals surface area (Å²) < 4.78 is 0. The monoisotopic (exact) mass is 150 g/mol. The third-order valence-corrected chi connectivity index (χ3v) is 1.64. The molecular formula is C9H14N2. The molecule has 0 amide bonds. The van der Waals surface area contributed by atoms with Crippen LogP contribution in [0.3, 0.4) is 0 Å². The molecule has 2 heteroatoms. The van der Waals surface area contributed by atoms with Gasteiger partial charge in [-0.1, -0.05) is 12.1 Å². The highest BCUT2D eigenvalue weighted by Gasteiger charge is 1.89. The van der Waals surface area contributed by atoms with Crippen molar-refractivity contribution in [2.45, 2.75) is 6.42 Å². The van der Waals surface area contributed by atoms with E-state index in [1.807, 2.05) is 19.2 Å². The third kappa shape index (κ3) is 2.60. The number of likely N-dealkylation sites (N-methyl/N-ethyl adjacent to an activating group) is 1. The van der Waals surface area contributed by atoms with E-state index in [1.165, 1.54) is 5.56 Å². The van der Waals surface area contributed by atoms with Gasteiger partial charge in [0.2, 0.25) is 0 Å². The van der Waals surface area contributed by atoms with Crippen LogP contribution in [-0.2, 0) is 6.42 Å². The average Bonchev–Trinajstić information content (AvgIpc) is 2.04. The van der Waals surface area contributed by atoms with Gasteiger partial charge in [-0.05, 0) is 37.7 Å². The molecule has 0 fully saturated rings. The zero-order valence-corrected chi connectivity index (χ0v) is 6.80. The van der Waals surface area contributed by atoms with Gasteiger partial charge in [-0.3, -0.25) is 0 Å². The minimum Gasteiger partial charge on any atom is -0.399 e. The summed E-state index contributed by atoms with van der Waals surface area (Å²) in [5, 5.41) is 3.10. The van der Waals surface area contributed by atoms with Gasteiger partial charge < -0.3 is 11.1 Å². The Bertz CT molecular complexity index is 203. The summed E-state index contributed by atoms with van der Waals surface area (Å²) in [5.74, 6) is 0. The molecule has 60 valence electrons. The van der Waals surface area contributed by atoms with E-state index < -0.39 is 0 Å². The minimum atomic E-state index is 0.832. The molecule has 0 aromatic heterocycles. The molecular weight excluding hydrogens is 136 g/mol. The fourth-order valence-corrected chi connectivity index (χ4v) is 0.954. The van der Waals surface area contributed by atoms with Crippen LogP contribution in [0.2, 0.25) is 0 Å². The number of nitrogens with two attached hydrogens (primary N) is 1. The predicted molar refractivity (Wildman–Crippen MR) is 48.5 cm³/mol. The van der Waals surface area contributed by atoms with Gasteiger partial charge in [0.1, 0.15) is 0 Å². The maximum atomic E-state index is 5.54. The van der Waals surface area contributed by atoms with Gasteiger partial charge in [0.05, 0.1) is 0 Å². The molecule has 0 unspecified atom stereocenters. The van der Waals surface area contributed by atoms with E-state index in [-0.39, 0.29) is 0 Å². The van der Waals surface area contributed by atoms with Crippen molar-refractivity contribution >= 4 is 5.69 Å². The molecule has 0 radical (unpaired) electrons. The highest BCUT2D eigenvalue weighted by molar-refractivity contribution is 5.39. The Morgan fingerprint density at radius 1 is 1.27 bits per heavy atom. The summed E-state index contributed by atoms with van der Waals surface area (Å²) in [6.45, 7) is 1.02. The molecule has 0 spiro atoms. The molecule has 0 aliphatic heterocycles. The van der Waals surface area contributed by atoms with Crippen LogP contribution in [0, 0.1) is 0 Å². The van der Waals surface area contributed by atoms with E-state index in [0.717, 1.165) is 18.7 Å². The maximum absolute atomic E-state index is 5.54. The number of hydrogen-bond donors (Lipinski definition) is 2. The number of nitrogens with one attached hydrogen (secondary N) is 1. The van der Waals surface area contributed by atoms with Gasteiger partial charge in [0, 0.05) is 5.69 Å². The average molecular weight is 150 g/mol. The van der Waals surface area contributed by atoms with Crippen molar-refractivity contribution < 1.29 is 0 Å². The van der Waals surface area contributed by atoms with Crippen LogP contribution >= 0.6 is 0 Å². The number of anilines is 1. The van der Waals surface area contributed by atoms with Gasteiger partial charge in [0.25, 0.3) is 0 Å². The lowest BCUT2D eigenvalue weighted by Crippen LogP contribution is -2.10. The van der Waals surface area contributed by atoms with E-state index >= 15 is 0 Å². The lowest BCUT2D eigenvalue weighted by atomic mass is 10.1. The van der Waals surface area contributed by atoms with Crippen LogP contribution in [0.15, 0.2) is 24.3 Å². The lowest BCUT2D eigenvalue weighted by molar-refractivity contribution is 0.792. The molecule has 0 aliphatic carbocycles. The fraction of sp³-hybridized carbons (Fsp3) is 0.333. The quantitative estimate of drug-likeness (QED) is 0.632. The van der Waals surface area contributed by atoms with E-state index in [4.69, 9.17) is 5.73 Å². The standard InChI is InChI=1S/C9H14N2/c1-11-7-6-8-2-4-9(10)5-3-8/h2-5,11H,6-7,10H2,1H3. The van der Waals surface area contributed by atoms with E-state index in [1.54, 1.807) is 0 Å². The molecule has 0 bridgehead atoms. The zero-order valence-electron chi connectivity index (χ0n) is 6.80. The lowest BCUT2D eigenvalue weighted by Gasteiger charge is -2.00. The molecule has 0 atom stereocenters. The van der Waals surface area contributed by atoms with Crippen molar-refractivity contribution in [2.75, 3.05) is 19.3 Å². The first-order chi connectivity index (χ1) is 5.33. The van der Waals surface area contributed by atoms with Gasteiger partial charge in [-0.15, -0.1) is 0 Å². The van der Waals surface area contributed by atoms with Crippen LogP contribution in [0.1, 0.15) is 5.56 Å². The first-order valence-electron chi connectivity index (χ1n) is 3.82. The second kappa shape index (κ2) is 3.98. The molecule has 1 rings (SSSR count). The Morgan fingerprint density at radius 2 is 1.91 bits per heavy atom. The fourth-order valence-electron chi connectivity index (χ4n) is 0.954. The number of nitrogen functional groups attached to an aromatic ring is 1. The number of benzene rings is 1. The Balaban J connectivity index is 2.52. The second-order valence-corrected chi connectivity index (χ2v) is 2.60. The Kier molecular flexibility index (Phi) is 2.93. The highest BCUT2D eigenvalue weighted by atomic mass is 14.8. The number of rotatable bonds is 3. The van der Waals surface area contributed by atoms with Crippen molar-refractivity contribution in [3.05, 3.63) is 29.8 Å². The summed E-state index contributed by atoms with van der Waals surface area (Å²) in [6.07, 6.45) is 1.07. The minimum absolute atomic E-state index is 0.832. The number of hydrogen-bond acceptors (Lipinski definition) is 2. The van der Waals surface area contributed by atoms with Crippen molar-refractivity contribution in [2.24, 2.45) is 0 Å². The smallest absolute Gasteiger partial charge is 0.0314 e. The van der Waals surface area contributed by atoms with Gasteiger partial charge in [-0.25, -0.2) is 0 Å². The summed E-state index contributed by atoms with van der Waals surface area (Å²) >= 11 is 0. The SMILES string of the molecule is CNCCc1ccc(N)cc1. The first-order valence-corrected chi connectivity index (χ1v) is 3.82. The van der Waals surface area contributed by atoms with Crippen LogP contribution in [0.5, 0.6) is 0 Å². The topological polar surface area (TPSA) is 38.0 Å². The second-order valence-electron chi connectivity index (χ2n) is 2.60. The Morgan fingerprint density at radius 3 is 2.45 bits per heavy atom. The molecule has 1 aromatic carbocycles. The first kappa shape index (κ1) is 8.08. The normalized spacial score (nSPS) is 9.91. The molecule has 3 N–H and O–H groups in total. The summed E-state index contributed by atoms with van der Waals surface area (Å²) in [5.41, 5.74) is 7.70. The molecule has 0 saturated carbocycles. The Hall–Kier alpha value is -1.02. The van der Waals surface area contributed by atoms with Crippen LogP contribution < -0.4 is 11.1 Å². The summed E-state index contributed by atoms with van der Waals surface area (Å²) in [6, 6.07) is 8.00. The highest BCUT2D eigenvalue weighted by Crippen LogP contribution is 2.04. The van der Waals surface area contributed by atoms with Crippen molar-refractivity contribution in [1.29, 1.82) is 0 Å². The van der Waals surface area contributed by atoms with Crippen LogP contribution in [0.4, 0.5) is 5.69 Å². The molecule has 1 aromatic rings. The molecule has 0 heterocycles. The van der Waals surface area contributed by atoms with E-state index in [9.17, 15) is 0 Å². The largest absolute Gasteiger partial charge is 0.399 e. The molecule has 0 saturated heterocycles.